The van der Waals surface area contributed by atoms with Crippen molar-refractivity contribution in [1.82, 2.24) is 14.9 Å². The summed E-state index contributed by atoms with van der Waals surface area (Å²) in [7, 11) is 0. The molecule has 1 N–H and O–H groups in total. The summed E-state index contributed by atoms with van der Waals surface area (Å²) in [5.41, 5.74) is 1.07. The second-order valence-corrected chi connectivity index (χ2v) is 6.27. The van der Waals surface area contributed by atoms with Gasteiger partial charge in [0, 0.05) is 12.7 Å². The lowest BCUT2D eigenvalue weighted by Gasteiger charge is -2.23. The molecule has 0 saturated carbocycles. The summed E-state index contributed by atoms with van der Waals surface area (Å²) in [6, 6.07) is 10.3. The highest BCUT2D eigenvalue weighted by molar-refractivity contribution is 9.10. The van der Waals surface area contributed by atoms with Gasteiger partial charge in [-0.15, -0.1) is 0 Å². The predicted octanol–water partition coefficient (Wildman–Crippen LogP) is 2.76. The van der Waals surface area contributed by atoms with Crippen LogP contribution in [0.5, 0.6) is 0 Å². The lowest BCUT2D eigenvalue weighted by Crippen LogP contribution is -2.28. The van der Waals surface area contributed by atoms with Crippen LogP contribution in [0.3, 0.4) is 0 Å². The summed E-state index contributed by atoms with van der Waals surface area (Å²) in [5.74, 6) is 0.839. The molecule has 0 radical (unpaired) electrons. The van der Waals surface area contributed by atoms with Crippen molar-refractivity contribution >= 4 is 15.9 Å². The highest BCUT2D eigenvalue weighted by Gasteiger charge is 2.22. The Morgan fingerprint density at radius 1 is 1.24 bits per heavy atom. The molecule has 1 aromatic carbocycles. The van der Waals surface area contributed by atoms with E-state index in [1.165, 1.54) is 18.4 Å². The maximum atomic E-state index is 11.9. The van der Waals surface area contributed by atoms with E-state index in [0.717, 1.165) is 25.5 Å². The van der Waals surface area contributed by atoms with Crippen LogP contribution in [0.25, 0.3) is 0 Å². The van der Waals surface area contributed by atoms with Crippen LogP contribution in [0.4, 0.5) is 0 Å². The van der Waals surface area contributed by atoms with Gasteiger partial charge in [0.2, 0.25) is 0 Å². The fraction of sp³-hybridized carbons (Fsp3) is 0.375. The molecule has 0 bridgehead atoms. The molecule has 3 rings (SSSR count). The minimum atomic E-state index is -0.123. The zero-order valence-electron chi connectivity index (χ0n) is 11.8. The summed E-state index contributed by atoms with van der Waals surface area (Å²) < 4.78 is 0.472. The number of H-pyrrole nitrogens is 1. The first-order valence-electron chi connectivity index (χ1n) is 7.26. The molecule has 0 amide bonds. The molecule has 1 saturated heterocycles. The van der Waals surface area contributed by atoms with E-state index < -0.39 is 0 Å². The monoisotopic (exact) mass is 347 g/mol. The van der Waals surface area contributed by atoms with E-state index in [-0.39, 0.29) is 11.5 Å². The second-order valence-electron chi connectivity index (χ2n) is 5.42. The Balaban J connectivity index is 1.94. The predicted molar refractivity (Wildman–Crippen MR) is 86.5 cm³/mol. The van der Waals surface area contributed by atoms with Gasteiger partial charge in [-0.25, -0.2) is 4.98 Å². The van der Waals surface area contributed by atoms with E-state index in [2.05, 4.69) is 42.9 Å². The molecule has 2 heterocycles. The van der Waals surface area contributed by atoms with E-state index in [4.69, 9.17) is 0 Å². The maximum Gasteiger partial charge on any atom is 0.265 e. The van der Waals surface area contributed by atoms with Gasteiger partial charge in [-0.05, 0) is 47.4 Å². The number of likely N-dealkylation sites (tertiary alicyclic amines) is 1. The van der Waals surface area contributed by atoms with Crippen molar-refractivity contribution in [3.05, 3.63) is 62.7 Å². The van der Waals surface area contributed by atoms with E-state index in [1.807, 2.05) is 18.2 Å². The summed E-state index contributed by atoms with van der Waals surface area (Å²) in [6.07, 6.45) is 4.10. The fourth-order valence-electron chi connectivity index (χ4n) is 2.83. The van der Waals surface area contributed by atoms with Gasteiger partial charge in [-0.3, -0.25) is 4.79 Å². The van der Waals surface area contributed by atoms with Crippen LogP contribution in [0, 0.1) is 0 Å². The highest BCUT2D eigenvalue weighted by Crippen LogP contribution is 2.24. The molecule has 1 fully saturated rings. The largest absolute Gasteiger partial charge is 0.309 e. The van der Waals surface area contributed by atoms with E-state index in [0.29, 0.717) is 4.47 Å². The van der Waals surface area contributed by atoms with Gasteiger partial charge in [0.25, 0.3) is 5.56 Å². The van der Waals surface area contributed by atoms with E-state index in [1.54, 1.807) is 6.20 Å². The van der Waals surface area contributed by atoms with Crippen LogP contribution >= 0.6 is 15.9 Å². The minimum absolute atomic E-state index is 0.102. The standard InChI is InChI=1S/C16H18BrN3O/c17-14-10-18-15(19-16(14)21)13(11-20-8-4-5-9-20)12-6-2-1-3-7-12/h1-3,6-7,10,13H,4-5,8-9,11H2,(H,18,19,21). The number of nitrogens with zero attached hydrogens (tertiary/aromatic N) is 2. The third-order valence-electron chi connectivity index (χ3n) is 3.95. The van der Waals surface area contributed by atoms with Crippen LogP contribution in [-0.4, -0.2) is 34.5 Å². The molecular formula is C16H18BrN3O. The third kappa shape index (κ3) is 3.41. The normalized spacial score (nSPS) is 17.0. The first-order valence-corrected chi connectivity index (χ1v) is 8.05. The van der Waals surface area contributed by atoms with Crippen molar-refractivity contribution in [1.29, 1.82) is 0 Å². The molecular weight excluding hydrogens is 330 g/mol. The number of benzene rings is 1. The molecule has 5 heteroatoms. The number of nitrogens with one attached hydrogen (secondary N) is 1. The quantitative estimate of drug-likeness (QED) is 0.924. The summed E-state index contributed by atoms with van der Waals surface area (Å²) >= 11 is 3.21. The Hall–Kier alpha value is -1.46. The average molecular weight is 348 g/mol. The van der Waals surface area contributed by atoms with Crippen LogP contribution < -0.4 is 5.56 Å². The molecule has 1 aliphatic rings. The van der Waals surface area contributed by atoms with Crippen LogP contribution in [0.2, 0.25) is 0 Å². The lowest BCUT2D eigenvalue weighted by molar-refractivity contribution is 0.323. The Morgan fingerprint density at radius 3 is 2.62 bits per heavy atom. The van der Waals surface area contributed by atoms with Gasteiger partial charge in [-0.2, -0.15) is 0 Å². The zero-order valence-corrected chi connectivity index (χ0v) is 13.3. The zero-order chi connectivity index (χ0) is 14.7. The number of rotatable bonds is 4. The Morgan fingerprint density at radius 2 is 1.95 bits per heavy atom. The van der Waals surface area contributed by atoms with Gasteiger partial charge in [-0.1, -0.05) is 30.3 Å². The molecule has 1 aliphatic heterocycles. The number of aromatic nitrogens is 2. The lowest BCUT2D eigenvalue weighted by atomic mass is 9.97. The topological polar surface area (TPSA) is 49.0 Å². The molecule has 0 aliphatic carbocycles. The van der Waals surface area contributed by atoms with Crippen molar-refractivity contribution in [2.75, 3.05) is 19.6 Å². The number of hydrogen-bond acceptors (Lipinski definition) is 3. The van der Waals surface area contributed by atoms with E-state index in [9.17, 15) is 4.79 Å². The fourth-order valence-corrected chi connectivity index (χ4v) is 3.03. The van der Waals surface area contributed by atoms with Gasteiger partial charge < -0.3 is 9.88 Å². The summed E-state index contributed by atoms with van der Waals surface area (Å²) in [6.45, 7) is 3.16. The van der Waals surface area contributed by atoms with Gasteiger partial charge >= 0.3 is 0 Å². The number of hydrogen-bond donors (Lipinski definition) is 1. The molecule has 1 unspecified atom stereocenters. The summed E-state index contributed by atoms with van der Waals surface area (Å²) in [5, 5.41) is 0. The first kappa shape index (κ1) is 14.5. The summed E-state index contributed by atoms with van der Waals surface area (Å²) in [4.78, 5) is 21.6. The maximum absolute atomic E-state index is 11.9. The van der Waals surface area contributed by atoms with Crippen molar-refractivity contribution in [2.24, 2.45) is 0 Å². The third-order valence-corrected chi connectivity index (χ3v) is 4.51. The van der Waals surface area contributed by atoms with Gasteiger partial charge in [0.05, 0.1) is 5.92 Å². The molecule has 21 heavy (non-hydrogen) atoms. The highest BCUT2D eigenvalue weighted by atomic mass is 79.9. The molecule has 1 atom stereocenters. The first-order chi connectivity index (χ1) is 10.2. The second kappa shape index (κ2) is 6.54. The molecule has 2 aromatic rings. The minimum Gasteiger partial charge on any atom is -0.309 e. The van der Waals surface area contributed by atoms with Crippen LogP contribution in [-0.2, 0) is 0 Å². The number of aromatic amines is 1. The number of halogens is 1. The van der Waals surface area contributed by atoms with Crippen molar-refractivity contribution in [3.63, 3.8) is 0 Å². The Labute approximate surface area is 132 Å². The SMILES string of the molecule is O=c1[nH]c(C(CN2CCCC2)c2ccccc2)ncc1Br. The van der Waals surface area contributed by atoms with E-state index >= 15 is 0 Å². The molecule has 4 nitrogen and oxygen atoms in total. The smallest absolute Gasteiger partial charge is 0.265 e. The van der Waals surface area contributed by atoms with Crippen molar-refractivity contribution in [3.8, 4) is 0 Å². The van der Waals surface area contributed by atoms with Crippen molar-refractivity contribution in [2.45, 2.75) is 18.8 Å². The molecule has 1 aromatic heterocycles. The Kier molecular flexibility index (Phi) is 4.51. The van der Waals surface area contributed by atoms with Gasteiger partial charge in [0.1, 0.15) is 10.3 Å². The molecule has 110 valence electrons. The van der Waals surface area contributed by atoms with Crippen LogP contribution in [0.15, 0.2) is 45.8 Å². The Bertz CT molecular complexity index is 650. The van der Waals surface area contributed by atoms with Crippen LogP contribution in [0.1, 0.15) is 30.1 Å². The van der Waals surface area contributed by atoms with Crippen molar-refractivity contribution < 1.29 is 0 Å². The average Bonchev–Trinajstić information content (AvgIpc) is 3.02. The van der Waals surface area contributed by atoms with Gasteiger partial charge in [0.15, 0.2) is 0 Å². The molecule has 0 spiro atoms.